The van der Waals surface area contributed by atoms with Gasteiger partial charge in [0, 0.05) is 18.7 Å². The summed E-state index contributed by atoms with van der Waals surface area (Å²) in [5.41, 5.74) is 0.793. The van der Waals surface area contributed by atoms with Crippen molar-refractivity contribution in [3.63, 3.8) is 0 Å². The maximum absolute atomic E-state index is 11.1. The van der Waals surface area contributed by atoms with Crippen LogP contribution in [0.25, 0.3) is 0 Å². The van der Waals surface area contributed by atoms with Gasteiger partial charge in [-0.1, -0.05) is 96.5 Å². The lowest BCUT2D eigenvalue weighted by Crippen LogP contribution is -2.06. The van der Waals surface area contributed by atoms with Crippen molar-refractivity contribution >= 4 is 11.6 Å². The van der Waals surface area contributed by atoms with E-state index < -0.39 is 0 Å². The number of hydrogen-bond acceptors (Lipinski definition) is 2. The molecular weight excluding hydrogens is 334 g/mol. The van der Waals surface area contributed by atoms with E-state index >= 15 is 0 Å². The van der Waals surface area contributed by atoms with E-state index in [1.807, 2.05) is 24.3 Å². The zero-order valence-electron chi connectivity index (χ0n) is 17.7. The van der Waals surface area contributed by atoms with Gasteiger partial charge in [0.1, 0.15) is 5.75 Å². The topological polar surface area (TPSA) is 38.3 Å². The molecule has 27 heavy (non-hydrogen) atoms. The number of benzene rings is 1. The van der Waals surface area contributed by atoms with Gasteiger partial charge in [-0.25, -0.2) is 0 Å². The van der Waals surface area contributed by atoms with Crippen LogP contribution in [0, 0.1) is 0 Å². The van der Waals surface area contributed by atoms with Crippen LogP contribution in [-0.2, 0) is 4.79 Å². The largest absolute Gasteiger partial charge is 0.494 e. The highest BCUT2D eigenvalue weighted by Gasteiger charge is 1.99. The minimum Gasteiger partial charge on any atom is -0.494 e. The highest BCUT2D eigenvalue weighted by atomic mass is 16.5. The van der Waals surface area contributed by atoms with Crippen LogP contribution in [0.2, 0.25) is 0 Å². The van der Waals surface area contributed by atoms with Crippen LogP contribution in [-0.4, -0.2) is 12.5 Å². The van der Waals surface area contributed by atoms with E-state index in [9.17, 15) is 4.79 Å². The number of anilines is 1. The molecule has 0 spiro atoms. The Morgan fingerprint density at radius 3 is 1.85 bits per heavy atom. The van der Waals surface area contributed by atoms with E-state index in [0.717, 1.165) is 24.5 Å². The Kier molecular flexibility index (Phi) is 14.5. The second kappa shape index (κ2) is 16.6. The first-order valence-electron chi connectivity index (χ1n) is 11.2. The van der Waals surface area contributed by atoms with Crippen LogP contribution in [0.4, 0.5) is 5.69 Å². The number of rotatable bonds is 17. The number of carbonyl (C=O) groups is 1. The molecule has 0 bridgehead atoms. The Balaban J connectivity index is 1.87. The summed E-state index contributed by atoms with van der Waals surface area (Å²) in [4.78, 5) is 11.1. The summed E-state index contributed by atoms with van der Waals surface area (Å²) in [5.74, 6) is 0.773. The zero-order valence-corrected chi connectivity index (χ0v) is 17.7. The van der Waals surface area contributed by atoms with Gasteiger partial charge in [0.2, 0.25) is 5.91 Å². The van der Waals surface area contributed by atoms with E-state index in [2.05, 4.69) is 12.2 Å². The van der Waals surface area contributed by atoms with E-state index in [-0.39, 0.29) is 5.91 Å². The summed E-state index contributed by atoms with van der Waals surface area (Å²) in [6.07, 6.45) is 19.1. The van der Waals surface area contributed by atoms with Crippen molar-refractivity contribution in [3.8, 4) is 5.75 Å². The third-order valence-electron chi connectivity index (χ3n) is 4.92. The molecule has 3 nitrogen and oxygen atoms in total. The molecule has 0 heterocycles. The standard InChI is InChI=1S/C24H41NO2/c1-3-4-5-6-7-8-9-10-11-12-13-14-15-16-20-27-24-19-17-18-23(21-24)25-22(2)26/h17-19,21H,3-16,20H2,1-2H3,(H,25,26). The monoisotopic (exact) mass is 375 g/mol. The Morgan fingerprint density at radius 1 is 0.815 bits per heavy atom. The van der Waals surface area contributed by atoms with E-state index in [1.165, 1.54) is 90.4 Å². The second-order valence-electron chi connectivity index (χ2n) is 7.65. The normalized spacial score (nSPS) is 10.7. The van der Waals surface area contributed by atoms with Gasteiger partial charge in [0.25, 0.3) is 0 Å². The van der Waals surface area contributed by atoms with E-state index in [0.29, 0.717) is 0 Å². The molecule has 0 fully saturated rings. The Morgan fingerprint density at radius 2 is 1.33 bits per heavy atom. The molecule has 0 aliphatic carbocycles. The summed E-state index contributed by atoms with van der Waals surface area (Å²) >= 11 is 0. The fraction of sp³-hybridized carbons (Fsp3) is 0.708. The third-order valence-corrected chi connectivity index (χ3v) is 4.92. The highest BCUT2D eigenvalue weighted by molar-refractivity contribution is 5.88. The van der Waals surface area contributed by atoms with Crippen molar-refractivity contribution in [2.24, 2.45) is 0 Å². The number of ether oxygens (including phenoxy) is 1. The summed E-state index contributed by atoms with van der Waals surface area (Å²) < 4.78 is 5.78. The molecule has 0 radical (unpaired) electrons. The molecule has 0 unspecified atom stereocenters. The van der Waals surface area contributed by atoms with E-state index in [4.69, 9.17) is 4.74 Å². The fourth-order valence-corrected chi connectivity index (χ4v) is 3.35. The molecule has 3 heteroatoms. The number of unbranched alkanes of at least 4 members (excludes halogenated alkanes) is 13. The molecule has 1 aromatic rings. The van der Waals surface area contributed by atoms with Crippen LogP contribution in [0.3, 0.4) is 0 Å². The molecule has 1 N–H and O–H groups in total. The Labute approximate surface area is 167 Å². The molecule has 154 valence electrons. The maximum atomic E-state index is 11.1. The summed E-state index contributed by atoms with van der Waals surface area (Å²) in [7, 11) is 0. The summed E-state index contributed by atoms with van der Waals surface area (Å²) in [5, 5.41) is 2.78. The molecule has 1 rings (SSSR count). The van der Waals surface area contributed by atoms with Gasteiger partial charge in [-0.2, -0.15) is 0 Å². The number of hydrogen-bond donors (Lipinski definition) is 1. The minimum atomic E-state index is -0.0564. The van der Waals surface area contributed by atoms with Crippen LogP contribution >= 0.6 is 0 Å². The molecule has 1 aromatic carbocycles. The number of carbonyl (C=O) groups excluding carboxylic acids is 1. The third kappa shape index (κ3) is 14.2. The molecule has 0 aromatic heterocycles. The predicted molar refractivity (Wildman–Crippen MR) is 117 cm³/mol. The molecule has 0 aliphatic rings. The van der Waals surface area contributed by atoms with Crippen molar-refractivity contribution in [1.82, 2.24) is 0 Å². The second-order valence-corrected chi connectivity index (χ2v) is 7.65. The van der Waals surface area contributed by atoms with Gasteiger partial charge in [-0.3, -0.25) is 4.79 Å². The van der Waals surface area contributed by atoms with Gasteiger partial charge in [0.05, 0.1) is 6.61 Å². The Bertz CT molecular complexity index is 487. The van der Waals surface area contributed by atoms with Crippen LogP contribution in [0.5, 0.6) is 5.75 Å². The molecule has 0 atom stereocenters. The van der Waals surface area contributed by atoms with Gasteiger partial charge < -0.3 is 10.1 Å². The lowest BCUT2D eigenvalue weighted by atomic mass is 10.0. The van der Waals surface area contributed by atoms with Crippen LogP contribution in [0.15, 0.2) is 24.3 Å². The van der Waals surface area contributed by atoms with Crippen molar-refractivity contribution in [3.05, 3.63) is 24.3 Å². The quantitative estimate of drug-likeness (QED) is 0.286. The van der Waals surface area contributed by atoms with Gasteiger partial charge in [0.15, 0.2) is 0 Å². The van der Waals surface area contributed by atoms with Crippen molar-refractivity contribution < 1.29 is 9.53 Å². The van der Waals surface area contributed by atoms with Gasteiger partial charge >= 0.3 is 0 Å². The summed E-state index contributed by atoms with van der Waals surface area (Å²) in [6.45, 7) is 4.55. The van der Waals surface area contributed by atoms with Crippen LogP contribution < -0.4 is 10.1 Å². The minimum absolute atomic E-state index is 0.0564. The zero-order chi connectivity index (χ0) is 19.6. The smallest absolute Gasteiger partial charge is 0.221 e. The fourth-order valence-electron chi connectivity index (χ4n) is 3.35. The summed E-state index contributed by atoms with van der Waals surface area (Å²) in [6, 6.07) is 7.60. The lowest BCUT2D eigenvalue weighted by molar-refractivity contribution is -0.114. The highest BCUT2D eigenvalue weighted by Crippen LogP contribution is 2.18. The maximum Gasteiger partial charge on any atom is 0.221 e. The lowest BCUT2D eigenvalue weighted by Gasteiger charge is -2.08. The van der Waals surface area contributed by atoms with Crippen molar-refractivity contribution in [1.29, 1.82) is 0 Å². The average molecular weight is 376 g/mol. The molecule has 0 saturated carbocycles. The number of nitrogens with one attached hydrogen (secondary N) is 1. The molecule has 1 amide bonds. The number of amides is 1. The van der Waals surface area contributed by atoms with Crippen LogP contribution in [0.1, 0.15) is 104 Å². The molecular formula is C24H41NO2. The first-order chi connectivity index (χ1) is 13.2. The van der Waals surface area contributed by atoms with Crippen molar-refractivity contribution in [2.45, 2.75) is 104 Å². The van der Waals surface area contributed by atoms with Gasteiger partial charge in [-0.15, -0.1) is 0 Å². The molecule has 0 saturated heterocycles. The molecule has 0 aliphatic heterocycles. The Hall–Kier alpha value is -1.51. The average Bonchev–Trinajstić information content (AvgIpc) is 2.64. The first-order valence-corrected chi connectivity index (χ1v) is 11.2. The van der Waals surface area contributed by atoms with Gasteiger partial charge in [-0.05, 0) is 18.6 Å². The predicted octanol–water partition coefficient (Wildman–Crippen LogP) is 7.51. The van der Waals surface area contributed by atoms with E-state index in [1.54, 1.807) is 0 Å². The first kappa shape index (κ1) is 23.5. The van der Waals surface area contributed by atoms with Crippen molar-refractivity contribution in [2.75, 3.05) is 11.9 Å². The SMILES string of the molecule is CCCCCCCCCCCCCCCCOc1cccc(NC(C)=O)c1.